The standard InChI is InChI=1S/C17H32N2/c1-14-9-15(2)11-16(10-14)19-8-4-6-17(13-19)5-3-7-18-12-17/h14-16,18H,3-13H2,1-2H3. The first-order valence-corrected chi connectivity index (χ1v) is 8.62. The minimum absolute atomic E-state index is 0.625. The van der Waals surface area contributed by atoms with Crippen LogP contribution in [-0.2, 0) is 0 Å². The molecule has 19 heavy (non-hydrogen) atoms. The van der Waals surface area contributed by atoms with Crippen molar-refractivity contribution in [2.75, 3.05) is 26.2 Å². The monoisotopic (exact) mass is 264 g/mol. The summed E-state index contributed by atoms with van der Waals surface area (Å²) in [5, 5.41) is 3.66. The fourth-order valence-electron chi connectivity index (χ4n) is 5.14. The van der Waals surface area contributed by atoms with Gasteiger partial charge in [0, 0.05) is 19.1 Å². The first-order valence-electron chi connectivity index (χ1n) is 8.62. The van der Waals surface area contributed by atoms with Gasteiger partial charge < -0.3 is 5.32 Å². The van der Waals surface area contributed by atoms with Crippen LogP contribution in [0.4, 0.5) is 0 Å². The summed E-state index contributed by atoms with van der Waals surface area (Å²) in [7, 11) is 0. The highest BCUT2D eigenvalue weighted by Gasteiger charge is 2.39. The van der Waals surface area contributed by atoms with Gasteiger partial charge in [0.2, 0.25) is 0 Å². The summed E-state index contributed by atoms with van der Waals surface area (Å²) >= 11 is 0. The van der Waals surface area contributed by atoms with Crippen LogP contribution in [0.1, 0.15) is 58.8 Å². The average molecular weight is 264 g/mol. The van der Waals surface area contributed by atoms with Gasteiger partial charge in [-0.3, -0.25) is 4.90 Å². The molecule has 3 aliphatic rings. The molecule has 2 aliphatic heterocycles. The zero-order valence-electron chi connectivity index (χ0n) is 13.0. The van der Waals surface area contributed by atoms with Crippen molar-refractivity contribution in [2.24, 2.45) is 17.3 Å². The van der Waals surface area contributed by atoms with Crippen molar-refractivity contribution in [3.63, 3.8) is 0 Å². The number of nitrogens with one attached hydrogen (secondary N) is 1. The Labute approximate surface area is 119 Å². The predicted octanol–water partition coefficient (Wildman–Crippen LogP) is 3.28. The topological polar surface area (TPSA) is 15.3 Å². The molecule has 3 unspecified atom stereocenters. The molecule has 2 heterocycles. The predicted molar refractivity (Wildman–Crippen MR) is 81.3 cm³/mol. The molecule has 1 spiro atoms. The first-order chi connectivity index (χ1) is 9.17. The summed E-state index contributed by atoms with van der Waals surface area (Å²) in [6, 6.07) is 0.887. The van der Waals surface area contributed by atoms with Crippen LogP contribution in [0.25, 0.3) is 0 Å². The van der Waals surface area contributed by atoms with E-state index in [9.17, 15) is 0 Å². The zero-order valence-corrected chi connectivity index (χ0v) is 13.0. The van der Waals surface area contributed by atoms with E-state index in [1.54, 1.807) is 0 Å². The molecule has 0 bridgehead atoms. The smallest absolute Gasteiger partial charge is 0.0101 e. The highest BCUT2D eigenvalue weighted by Crippen LogP contribution is 2.39. The molecule has 1 aliphatic carbocycles. The van der Waals surface area contributed by atoms with Crippen molar-refractivity contribution < 1.29 is 0 Å². The van der Waals surface area contributed by atoms with Crippen LogP contribution in [0.5, 0.6) is 0 Å². The Morgan fingerprint density at radius 2 is 1.74 bits per heavy atom. The van der Waals surface area contributed by atoms with E-state index in [1.165, 1.54) is 71.1 Å². The zero-order chi connectivity index (χ0) is 13.3. The summed E-state index contributed by atoms with van der Waals surface area (Å²) in [5.74, 6) is 1.88. The Balaban J connectivity index is 1.64. The number of hydrogen-bond acceptors (Lipinski definition) is 2. The number of likely N-dealkylation sites (tertiary alicyclic amines) is 1. The molecule has 3 fully saturated rings. The van der Waals surface area contributed by atoms with Crippen LogP contribution >= 0.6 is 0 Å². The molecule has 0 aromatic carbocycles. The Morgan fingerprint density at radius 1 is 1.00 bits per heavy atom. The third-order valence-electron chi connectivity index (χ3n) is 5.92. The van der Waals surface area contributed by atoms with Crippen molar-refractivity contribution in [3.05, 3.63) is 0 Å². The van der Waals surface area contributed by atoms with E-state index in [0.717, 1.165) is 17.9 Å². The van der Waals surface area contributed by atoms with E-state index >= 15 is 0 Å². The van der Waals surface area contributed by atoms with Gasteiger partial charge in [-0.2, -0.15) is 0 Å². The van der Waals surface area contributed by atoms with E-state index in [1.807, 2.05) is 0 Å². The summed E-state index contributed by atoms with van der Waals surface area (Å²) < 4.78 is 0. The third-order valence-corrected chi connectivity index (χ3v) is 5.92. The van der Waals surface area contributed by atoms with Gasteiger partial charge in [-0.1, -0.05) is 13.8 Å². The first kappa shape index (κ1) is 13.9. The van der Waals surface area contributed by atoms with Crippen molar-refractivity contribution in [1.29, 1.82) is 0 Å². The minimum atomic E-state index is 0.625. The van der Waals surface area contributed by atoms with Gasteiger partial charge in [0.15, 0.2) is 0 Å². The Morgan fingerprint density at radius 3 is 2.42 bits per heavy atom. The SMILES string of the molecule is CC1CC(C)CC(N2CCCC3(CCCNC3)C2)C1. The molecule has 3 atom stereocenters. The maximum Gasteiger partial charge on any atom is 0.0101 e. The van der Waals surface area contributed by atoms with Crippen LogP contribution in [0, 0.1) is 17.3 Å². The molecule has 1 N–H and O–H groups in total. The second-order valence-corrected chi connectivity index (χ2v) is 7.93. The molecule has 0 radical (unpaired) electrons. The summed E-state index contributed by atoms with van der Waals surface area (Å²) in [5.41, 5.74) is 0.625. The van der Waals surface area contributed by atoms with E-state index in [4.69, 9.17) is 0 Å². The molecule has 2 nitrogen and oxygen atoms in total. The van der Waals surface area contributed by atoms with Gasteiger partial charge in [-0.25, -0.2) is 0 Å². The van der Waals surface area contributed by atoms with Crippen LogP contribution in [0.2, 0.25) is 0 Å². The molecule has 1 saturated carbocycles. The van der Waals surface area contributed by atoms with Crippen molar-refractivity contribution in [2.45, 2.75) is 64.8 Å². The Hall–Kier alpha value is -0.0800. The lowest BCUT2D eigenvalue weighted by Gasteiger charge is -2.49. The molecular weight excluding hydrogens is 232 g/mol. The Kier molecular flexibility index (Phi) is 4.19. The minimum Gasteiger partial charge on any atom is -0.316 e. The summed E-state index contributed by atoms with van der Waals surface area (Å²) in [4.78, 5) is 2.88. The maximum absolute atomic E-state index is 3.66. The van der Waals surface area contributed by atoms with Gasteiger partial charge >= 0.3 is 0 Å². The fraction of sp³-hybridized carbons (Fsp3) is 1.00. The van der Waals surface area contributed by atoms with E-state index < -0.39 is 0 Å². The molecule has 0 aromatic heterocycles. The number of piperidine rings is 2. The van der Waals surface area contributed by atoms with Gasteiger partial charge in [0.25, 0.3) is 0 Å². The quantitative estimate of drug-likeness (QED) is 0.782. The van der Waals surface area contributed by atoms with Crippen LogP contribution in [0.3, 0.4) is 0 Å². The van der Waals surface area contributed by atoms with E-state index in [2.05, 4.69) is 24.1 Å². The number of nitrogens with zero attached hydrogens (tertiary/aromatic N) is 1. The molecule has 3 rings (SSSR count). The van der Waals surface area contributed by atoms with Gasteiger partial charge in [0.05, 0.1) is 0 Å². The second kappa shape index (κ2) is 5.73. The van der Waals surface area contributed by atoms with E-state index in [0.29, 0.717) is 5.41 Å². The number of hydrogen-bond donors (Lipinski definition) is 1. The summed E-state index contributed by atoms with van der Waals surface area (Å²) in [6.07, 6.45) is 10.1. The van der Waals surface area contributed by atoms with Crippen molar-refractivity contribution in [3.8, 4) is 0 Å². The maximum atomic E-state index is 3.66. The second-order valence-electron chi connectivity index (χ2n) is 7.93. The number of rotatable bonds is 1. The van der Waals surface area contributed by atoms with Crippen molar-refractivity contribution in [1.82, 2.24) is 10.2 Å². The molecule has 0 aromatic rings. The molecule has 110 valence electrons. The molecule has 2 heteroatoms. The molecular formula is C17H32N2. The van der Waals surface area contributed by atoms with Gasteiger partial charge in [-0.05, 0) is 75.3 Å². The highest BCUT2D eigenvalue weighted by molar-refractivity contribution is 4.94. The normalized spacial score (nSPS) is 45.5. The van der Waals surface area contributed by atoms with Crippen LogP contribution in [-0.4, -0.2) is 37.1 Å². The molecule has 2 saturated heterocycles. The van der Waals surface area contributed by atoms with Crippen LogP contribution < -0.4 is 5.32 Å². The van der Waals surface area contributed by atoms with Gasteiger partial charge in [0.1, 0.15) is 0 Å². The third kappa shape index (κ3) is 3.16. The lowest BCUT2D eigenvalue weighted by molar-refractivity contribution is 0.0125. The lowest BCUT2D eigenvalue weighted by Crippen LogP contribution is -2.54. The fourth-order valence-corrected chi connectivity index (χ4v) is 5.14. The lowest BCUT2D eigenvalue weighted by atomic mass is 9.72. The highest BCUT2D eigenvalue weighted by atomic mass is 15.2. The average Bonchev–Trinajstić information content (AvgIpc) is 2.38. The summed E-state index contributed by atoms with van der Waals surface area (Å²) in [6.45, 7) is 10.2. The Bertz CT molecular complexity index is 280. The molecule has 0 amide bonds. The van der Waals surface area contributed by atoms with Crippen molar-refractivity contribution >= 4 is 0 Å². The largest absolute Gasteiger partial charge is 0.316 e. The van der Waals surface area contributed by atoms with E-state index in [-0.39, 0.29) is 0 Å². The van der Waals surface area contributed by atoms with Crippen LogP contribution in [0.15, 0.2) is 0 Å². The van der Waals surface area contributed by atoms with Gasteiger partial charge in [-0.15, -0.1) is 0 Å².